The highest BCUT2D eigenvalue weighted by Gasteiger charge is 2.53. The summed E-state index contributed by atoms with van der Waals surface area (Å²) in [5.41, 5.74) is 1.11. The highest BCUT2D eigenvalue weighted by atomic mass is 19.4. The van der Waals surface area contributed by atoms with Crippen LogP contribution in [0.4, 0.5) is 13.2 Å². The molecule has 0 radical (unpaired) electrons. The molecule has 1 atom stereocenters. The molecule has 1 unspecified atom stereocenters. The highest BCUT2D eigenvalue weighted by Crippen LogP contribution is 2.53. The van der Waals surface area contributed by atoms with E-state index in [1.807, 2.05) is 0 Å². The Labute approximate surface area is 149 Å². The van der Waals surface area contributed by atoms with Gasteiger partial charge in [-0.3, -0.25) is 4.79 Å². The Balaban J connectivity index is 1.80. The molecule has 0 amide bonds. The Morgan fingerprint density at radius 3 is 2.73 bits per heavy atom. The summed E-state index contributed by atoms with van der Waals surface area (Å²) in [5.74, 6) is -0.216. The number of halogens is 3. The largest absolute Gasteiger partial charge is 0.466 e. The number of aromatic nitrogens is 1. The number of rotatable bonds is 3. The average Bonchev–Trinajstić information content (AvgIpc) is 2.92. The Bertz CT molecular complexity index is 852. The molecule has 0 bridgehead atoms. The lowest BCUT2D eigenvalue weighted by Crippen LogP contribution is -2.51. The van der Waals surface area contributed by atoms with Crippen LogP contribution in [-0.4, -0.2) is 24.1 Å². The van der Waals surface area contributed by atoms with Gasteiger partial charge in [0.25, 0.3) is 0 Å². The van der Waals surface area contributed by atoms with Crippen molar-refractivity contribution in [1.82, 2.24) is 10.3 Å². The lowest BCUT2D eigenvalue weighted by atomic mass is 9.62. The minimum Gasteiger partial charge on any atom is -0.466 e. The van der Waals surface area contributed by atoms with E-state index in [0.717, 1.165) is 36.6 Å². The van der Waals surface area contributed by atoms with E-state index in [0.29, 0.717) is 30.5 Å². The zero-order valence-corrected chi connectivity index (χ0v) is 14.5. The van der Waals surface area contributed by atoms with Crippen LogP contribution in [0.5, 0.6) is 0 Å². The summed E-state index contributed by atoms with van der Waals surface area (Å²) in [5, 5.41) is 4.01. The number of hydrogen-bond acceptors (Lipinski definition) is 3. The van der Waals surface area contributed by atoms with Crippen molar-refractivity contribution in [3.05, 3.63) is 35.0 Å². The van der Waals surface area contributed by atoms with Crippen LogP contribution >= 0.6 is 0 Å². The maximum absolute atomic E-state index is 13.1. The first-order chi connectivity index (χ1) is 12.4. The summed E-state index contributed by atoms with van der Waals surface area (Å²) >= 11 is 0. The molecular weight excluding hydrogens is 345 g/mol. The fraction of sp³-hybridized carbons (Fsp3) is 0.526. The number of esters is 1. The minimum absolute atomic E-state index is 0.216. The third kappa shape index (κ3) is 2.52. The number of aromatic amines is 1. The van der Waals surface area contributed by atoms with E-state index in [-0.39, 0.29) is 12.0 Å². The van der Waals surface area contributed by atoms with Gasteiger partial charge in [-0.25, -0.2) is 0 Å². The van der Waals surface area contributed by atoms with Crippen LogP contribution in [0.3, 0.4) is 0 Å². The van der Waals surface area contributed by atoms with Crippen molar-refractivity contribution in [2.75, 3.05) is 13.2 Å². The van der Waals surface area contributed by atoms with Crippen molar-refractivity contribution in [3.8, 4) is 0 Å². The fourth-order valence-electron chi connectivity index (χ4n) is 4.32. The maximum atomic E-state index is 13.1. The first-order valence-electron chi connectivity index (χ1n) is 8.99. The van der Waals surface area contributed by atoms with E-state index < -0.39 is 17.2 Å². The Morgan fingerprint density at radius 1 is 1.35 bits per heavy atom. The number of alkyl halides is 3. The van der Waals surface area contributed by atoms with Crippen molar-refractivity contribution in [1.29, 1.82) is 0 Å². The van der Waals surface area contributed by atoms with Gasteiger partial charge >= 0.3 is 12.1 Å². The highest BCUT2D eigenvalue weighted by molar-refractivity contribution is 5.87. The number of nitrogens with one attached hydrogen (secondary N) is 2. The van der Waals surface area contributed by atoms with Gasteiger partial charge in [0.1, 0.15) is 0 Å². The summed E-state index contributed by atoms with van der Waals surface area (Å²) in [6.45, 7) is 2.73. The molecule has 26 heavy (non-hydrogen) atoms. The van der Waals surface area contributed by atoms with Crippen molar-refractivity contribution in [2.24, 2.45) is 5.41 Å². The second kappa shape index (κ2) is 6.01. The van der Waals surface area contributed by atoms with Crippen LogP contribution in [0.1, 0.15) is 49.0 Å². The van der Waals surface area contributed by atoms with Crippen molar-refractivity contribution in [2.45, 2.75) is 44.8 Å². The van der Waals surface area contributed by atoms with Gasteiger partial charge in [0.15, 0.2) is 0 Å². The summed E-state index contributed by atoms with van der Waals surface area (Å²) in [6, 6.07) is 3.54. The molecule has 1 aromatic carbocycles. The molecule has 1 fully saturated rings. The van der Waals surface area contributed by atoms with E-state index in [1.54, 1.807) is 6.92 Å². The normalized spacial score (nSPS) is 21.9. The van der Waals surface area contributed by atoms with Gasteiger partial charge in [-0.1, -0.05) is 6.42 Å². The molecule has 4 rings (SSSR count). The van der Waals surface area contributed by atoms with Crippen molar-refractivity contribution < 1.29 is 22.7 Å². The molecule has 1 aliphatic carbocycles. The van der Waals surface area contributed by atoms with Crippen LogP contribution in [-0.2, 0) is 22.1 Å². The van der Waals surface area contributed by atoms with E-state index in [2.05, 4.69) is 10.3 Å². The molecule has 2 N–H and O–H groups in total. The molecule has 7 heteroatoms. The first-order valence-corrected chi connectivity index (χ1v) is 8.99. The van der Waals surface area contributed by atoms with Gasteiger partial charge < -0.3 is 15.0 Å². The van der Waals surface area contributed by atoms with Crippen molar-refractivity contribution >= 4 is 16.9 Å². The van der Waals surface area contributed by atoms with E-state index in [9.17, 15) is 18.0 Å². The topological polar surface area (TPSA) is 54.1 Å². The standard InChI is InChI=1S/C19H21F3N2O2/c1-2-26-17(25)18(7-3-8-18)16-15-12(6-9-23-16)13-10-11(19(20,21)22)4-5-14(13)24-15/h4-5,10,16,23-24H,2-3,6-9H2,1H3. The predicted molar refractivity (Wildman–Crippen MR) is 90.7 cm³/mol. The number of benzene rings is 1. The van der Waals surface area contributed by atoms with Crippen molar-refractivity contribution in [3.63, 3.8) is 0 Å². The third-order valence-electron chi connectivity index (χ3n) is 5.76. The SMILES string of the molecule is CCOC(=O)C1(C2NCCc3c2[nH]c2ccc(C(F)(F)F)cc32)CCC1. The molecule has 1 saturated carbocycles. The molecule has 4 nitrogen and oxygen atoms in total. The number of H-pyrrole nitrogens is 1. The van der Waals surface area contributed by atoms with E-state index in [4.69, 9.17) is 4.74 Å². The van der Waals surface area contributed by atoms with Crippen LogP contribution in [0.25, 0.3) is 10.9 Å². The number of hydrogen-bond donors (Lipinski definition) is 2. The molecule has 2 aromatic rings. The van der Waals surface area contributed by atoms with Gasteiger partial charge in [0, 0.05) is 16.6 Å². The first kappa shape index (κ1) is 17.4. The number of ether oxygens (including phenoxy) is 1. The van der Waals surface area contributed by atoms with Crippen LogP contribution in [0.15, 0.2) is 18.2 Å². The Hall–Kier alpha value is -2.02. The molecule has 2 heterocycles. The Kier molecular flexibility index (Phi) is 4.02. The molecule has 1 aliphatic heterocycles. The quantitative estimate of drug-likeness (QED) is 0.804. The molecule has 0 saturated heterocycles. The molecule has 0 spiro atoms. The van der Waals surface area contributed by atoms with E-state index in [1.165, 1.54) is 12.1 Å². The summed E-state index contributed by atoms with van der Waals surface area (Å²) in [4.78, 5) is 15.9. The van der Waals surface area contributed by atoms with Gasteiger partial charge in [-0.15, -0.1) is 0 Å². The number of fused-ring (bicyclic) bond motifs is 3. The summed E-state index contributed by atoms with van der Waals surface area (Å²) in [7, 11) is 0. The maximum Gasteiger partial charge on any atom is 0.416 e. The third-order valence-corrected chi connectivity index (χ3v) is 5.76. The second-order valence-electron chi connectivity index (χ2n) is 7.14. The smallest absolute Gasteiger partial charge is 0.416 e. The zero-order chi connectivity index (χ0) is 18.5. The molecule has 1 aromatic heterocycles. The monoisotopic (exact) mass is 366 g/mol. The predicted octanol–water partition coefficient (Wildman–Crippen LogP) is 4.11. The average molecular weight is 366 g/mol. The lowest BCUT2D eigenvalue weighted by Gasteiger charge is -2.46. The Morgan fingerprint density at radius 2 is 2.12 bits per heavy atom. The second-order valence-corrected chi connectivity index (χ2v) is 7.14. The number of carbonyl (C=O) groups excluding carboxylic acids is 1. The molecular formula is C19H21F3N2O2. The molecule has 2 aliphatic rings. The number of carbonyl (C=O) groups is 1. The fourth-order valence-corrected chi connectivity index (χ4v) is 4.32. The van der Waals surface area contributed by atoms with Gasteiger partial charge in [-0.2, -0.15) is 13.2 Å². The van der Waals surface area contributed by atoms with Crippen LogP contribution < -0.4 is 5.32 Å². The van der Waals surface area contributed by atoms with Gasteiger partial charge in [-0.05, 0) is 56.5 Å². The summed E-state index contributed by atoms with van der Waals surface area (Å²) in [6.07, 6.45) is -1.33. The van der Waals surface area contributed by atoms with Crippen LogP contribution in [0.2, 0.25) is 0 Å². The van der Waals surface area contributed by atoms with Gasteiger partial charge in [0.05, 0.1) is 23.6 Å². The van der Waals surface area contributed by atoms with Crippen LogP contribution in [0, 0.1) is 5.41 Å². The summed E-state index contributed by atoms with van der Waals surface area (Å²) < 4.78 is 44.6. The lowest BCUT2D eigenvalue weighted by molar-refractivity contribution is -0.164. The zero-order valence-electron chi connectivity index (χ0n) is 14.5. The minimum atomic E-state index is -4.37. The molecule has 140 valence electrons. The van der Waals surface area contributed by atoms with E-state index >= 15 is 0 Å². The van der Waals surface area contributed by atoms with Gasteiger partial charge in [0.2, 0.25) is 0 Å².